The Hall–Kier alpha value is -2.53. The number of aromatic hydroxyl groups is 5. The van der Waals surface area contributed by atoms with Crippen LogP contribution in [-0.2, 0) is 6.54 Å². The summed E-state index contributed by atoms with van der Waals surface area (Å²) in [6.45, 7) is 0.143. The molecule has 0 aromatic heterocycles. The minimum atomic E-state index is -0.599. The number of rotatable bonds is 5. The summed E-state index contributed by atoms with van der Waals surface area (Å²) in [5.74, 6) is -2.00. The Morgan fingerprint density at radius 1 is 1.00 bits per heavy atom. The molecule has 0 amide bonds. The molecule has 0 aliphatic rings. The van der Waals surface area contributed by atoms with E-state index in [1.54, 1.807) is 12.1 Å². The second-order valence-corrected chi connectivity index (χ2v) is 6.85. The standard InChI is InChI=1S/C17H15IN2O5S/c18-11-2-8(3-12(21)15(11)24)1-10(6-19)17(26)20-7-9-4-13(22)16(25)14(23)5-9/h1-6,19,21-25H,7H2,(H,20,26)/b10-1+,19-6?. The van der Waals surface area contributed by atoms with E-state index in [1.807, 2.05) is 22.6 Å². The number of phenolic OH excluding ortho intramolecular Hbond substituents is 5. The lowest BCUT2D eigenvalue weighted by Crippen LogP contribution is -2.23. The minimum Gasteiger partial charge on any atom is -0.504 e. The van der Waals surface area contributed by atoms with Gasteiger partial charge in [-0.25, -0.2) is 0 Å². The Bertz CT molecular complexity index is 868. The minimum absolute atomic E-state index is 0.143. The quantitative estimate of drug-likeness (QED) is 0.114. The van der Waals surface area contributed by atoms with E-state index < -0.39 is 17.2 Å². The van der Waals surface area contributed by atoms with E-state index in [0.29, 0.717) is 20.3 Å². The van der Waals surface area contributed by atoms with Gasteiger partial charge < -0.3 is 36.3 Å². The zero-order valence-corrected chi connectivity index (χ0v) is 16.2. The molecular formula is C17H15IN2O5S. The maximum absolute atomic E-state index is 9.67. The summed E-state index contributed by atoms with van der Waals surface area (Å²) in [6, 6.07) is 5.52. The number of halogens is 1. The molecule has 2 aromatic carbocycles. The number of thiocarbonyl (C=S) groups is 1. The molecule has 7 nitrogen and oxygen atoms in total. The summed E-state index contributed by atoms with van der Waals surface area (Å²) in [5.41, 5.74) is 1.38. The van der Waals surface area contributed by atoms with E-state index in [2.05, 4.69) is 5.32 Å². The van der Waals surface area contributed by atoms with Crippen molar-refractivity contribution in [3.05, 3.63) is 44.5 Å². The molecule has 2 aromatic rings. The zero-order valence-electron chi connectivity index (χ0n) is 13.2. The van der Waals surface area contributed by atoms with Crippen molar-refractivity contribution in [2.75, 3.05) is 0 Å². The van der Waals surface area contributed by atoms with Gasteiger partial charge in [-0.15, -0.1) is 0 Å². The van der Waals surface area contributed by atoms with Gasteiger partial charge >= 0.3 is 0 Å². The lowest BCUT2D eigenvalue weighted by Gasteiger charge is -2.11. The second kappa shape index (κ2) is 8.23. The molecule has 0 spiro atoms. The molecule has 0 saturated carbocycles. The van der Waals surface area contributed by atoms with Crippen molar-refractivity contribution in [2.45, 2.75) is 6.54 Å². The van der Waals surface area contributed by atoms with E-state index in [-0.39, 0.29) is 23.0 Å². The topological polar surface area (TPSA) is 137 Å². The molecular weight excluding hydrogens is 471 g/mol. The fourth-order valence-corrected chi connectivity index (χ4v) is 2.91. The third kappa shape index (κ3) is 4.55. The lowest BCUT2D eigenvalue weighted by atomic mass is 10.1. The van der Waals surface area contributed by atoms with E-state index >= 15 is 0 Å². The van der Waals surface area contributed by atoms with Crippen LogP contribution in [0, 0.1) is 8.98 Å². The Kier molecular flexibility index (Phi) is 6.27. The van der Waals surface area contributed by atoms with Crippen LogP contribution in [0.4, 0.5) is 0 Å². The normalized spacial score (nSPS) is 11.2. The van der Waals surface area contributed by atoms with Crippen LogP contribution in [0.1, 0.15) is 11.1 Å². The van der Waals surface area contributed by atoms with Crippen LogP contribution in [0.2, 0.25) is 0 Å². The highest BCUT2D eigenvalue weighted by Crippen LogP contribution is 2.35. The Morgan fingerprint density at radius 2 is 1.58 bits per heavy atom. The number of phenols is 5. The van der Waals surface area contributed by atoms with Crippen LogP contribution in [0.5, 0.6) is 28.7 Å². The molecule has 0 bridgehead atoms. The summed E-state index contributed by atoms with van der Waals surface area (Å²) in [7, 11) is 0. The first-order chi connectivity index (χ1) is 12.2. The van der Waals surface area contributed by atoms with Crippen molar-refractivity contribution in [2.24, 2.45) is 0 Å². The first kappa shape index (κ1) is 19.8. The molecule has 7 N–H and O–H groups in total. The van der Waals surface area contributed by atoms with Crippen LogP contribution in [-0.4, -0.2) is 36.7 Å². The van der Waals surface area contributed by atoms with E-state index in [1.165, 1.54) is 18.2 Å². The molecule has 0 fully saturated rings. The predicted octanol–water partition coefficient (Wildman–Crippen LogP) is 2.97. The van der Waals surface area contributed by atoms with Gasteiger partial charge in [-0.3, -0.25) is 0 Å². The predicted molar refractivity (Wildman–Crippen MR) is 110 cm³/mol. The highest BCUT2D eigenvalue weighted by molar-refractivity contribution is 14.1. The van der Waals surface area contributed by atoms with Gasteiger partial charge in [-0.05, 0) is 64.1 Å². The van der Waals surface area contributed by atoms with E-state index in [0.717, 1.165) is 6.21 Å². The molecule has 0 saturated heterocycles. The maximum Gasteiger partial charge on any atom is 0.200 e. The molecule has 26 heavy (non-hydrogen) atoms. The van der Waals surface area contributed by atoms with Gasteiger partial charge in [0, 0.05) is 18.3 Å². The number of nitrogens with one attached hydrogen (secondary N) is 2. The molecule has 9 heteroatoms. The Labute approximate surface area is 167 Å². The first-order valence-electron chi connectivity index (χ1n) is 7.18. The van der Waals surface area contributed by atoms with Crippen LogP contribution in [0.3, 0.4) is 0 Å². The van der Waals surface area contributed by atoms with Gasteiger partial charge in [0.1, 0.15) is 4.99 Å². The fraction of sp³-hybridized carbons (Fsp3) is 0.0588. The Balaban J connectivity index is 2.18. The Morgan fingerprint density at radius 3 is 2.12 bits per heavy atom. The molecule has 136 valence electrons. The van der Waals surface area contributed by atoms with Crippen molar-refractivity contribution < 1.29 is 25.5 Å². The average molecular weight is 486 g/mol. The summed E-state index contributed by atoms with van der Waals surface area (Å²) in [6.07, 6.45) is 2.60. The molecule has 2 rings (SSSR count). The van der Waals surface area contributed by atoms with Gasteiger partial charge in [0.25, 0.3) is 0 Å². The van der Waals surface area contributed by atoms with Crippen LogP contribution >= 0.6 is 34.8 Å². The number of hydrogen-bond acceptors (Lipinski definition) is 7. The van der Waals surface area contributed by atoms with Crippen molar-refractivity contribution in [1.29, 1.82) is 5.41 Å². The number of benzene rings is 2. The highest BCUT2D eigenvalue weighted by atomic mass is 127. The van der Waals surface area contributed by atoms with Crippen molar-refractivity contribution in [3.63, 3.8) is 0 Å². The second-order valence-electron chi connectivity index (χ2n) is 5.28. The molecule has 0 radical (unpaired) electrons. The van der Waals surface area contributed by atoms with Gasteiger partial charge in [0.05, 0.1) is 3.57 Å². The summed E-state index contributed by atoms with van der Waals surface area (Å²) in [5, 5.41) is 58.0. The van der Waals surface area contributed by atoms with Crippen LogP contribution in [0.15, 0.2) is 29.8 Å². The monoisotopic (exact) mass is 486 g/mol. The molecule has 0 unspecified atom stereocenters. The van der Waals surface area contributed by atoms with Crippen molar-refractivity contribution >= 4 is 52.1 Å². The third-order valence-electron chi connectivity index (χ3n) is 3.39. The SMILES string of the molecule is N=C/C(=C\c1cc(O)c(O)c(I)c1)C(=S)NCc1cc(O)c(O)c(O)c1. The number of hydrogen-bond donors (Lipinski definition) is 7. The highest BCUT2D eigenvalue weighted by Gasteiger charge is 2.10. The zero-order chi connectivity index (χ0) is 19.4. The van der Waals surface area contributed by atoms with Crippen molar-refractivity contribution in [3.8, 4) is 28.7 Å². The fourth-order valence-electron chi connectivity index (χ4n) is 2.09. The average Bonchev–Trinajstić information content (AvgIpc) is 2.59. The lowest BCUT2D eigenvalue weighted by molar-refractivity contribution is 0.367. The molecule has 0 atom stereocenters. The summed E-state index contributed by atoms with van der Waals surface area (Å²) < 4.78 is 0.451. The molecule has 0 heterocycles. The summed E-state index contributed by atoms with van der Waals surface area (Å²) in [4.78, 5) is 0.231. The van der Waals surface area contributed by atoms with Gasteiger partial charge in [-0.2, -0.15) is 0 Å². The van der Waals surface area contributed by atoms with Crippen LogP contribution in [0.25, 0.3) is 6.08 Å². The maximum atomic E-state index is 9.67. The largest absolute Gasteiger partial charge is 0.504 e. The van der Waals surface area contributed by atoms with E-state index in [4.69, 9.17) is 17.6 Å². The molecule has 0 aliphatic carbocycles. The molecule has 0 aliphatic heterocycles. The van der Waals surface area contributed by atoms with Gasteiger partial charge in [0.15, 0.2) is 28.7 Å². The van der Waals surface area contributed by atoms with Gasteiger partial charge in [0.2, 0.25) is 0 Å². The third-order valence-corrected chi connectivity index (χ3v) is 4.59. The summed E-state index contributed by atoms with van der Waals surface area (Å²) >= 11 is 7.11. The smallest absolute Gasteiger partial charge is 0.200 e. The van der Waals surface area contributed by atoms with Gasteiger partial charge in [-0.1, -0.05) is 12.2 Å². The van der Waals surface area contributed by atoms with Crippen molar-refractivity contribution in [1.82, 2.24) is 5.32 Å². The van der Waals surface area contributed by atoms with E-state index in [9.17, 15) is 25.5 Å². The first-order valence-corrected chi connectivity index (χ1v) is 8.67. The van der Waals surface area contributed by atoms with Crippen LogP contribution < -0.4 is 5.32 Å².